The molecule has 0 saturated heterocycles. The molecule has 0 aliphatic carbocycles. The number of rotatable bonds is 11. The molecule has 0 spiro atoms. The van der Waals surface area contributed by atoms with Gasteiger partial charge < -0.3 is 0 Å². The van der Waals surface area contributed by atoms with Crippen LogP contribution in [0.15, 0.2) is 6.07 Å². The highest BCUT2D eigenvalue weighted by Crippen LogP contribution is 2.48. The van der Waals surface area contributed by atoms with Crippen molar-refractivity contribution in [3.63, 3.8) is 0 Å². The molecule has 1 aromatic carbocycles. The van der Waals surface area contributed by atoms with E-state index in [-0.39, 0.29) is 5.41 Å². The number of hydrogen-bond donors (Lipinski definition) is 3. The maximum atomic E-state index is 10.2. The third kappa shape index (κ3) is 7.46. The van der Waals surface area contributed by atoms with E-state index in [1.807, 2.05) is 6.07 Å². The lowest BCUT2D eigenvalue weighted by molar-refractivity contribution is 0.346. The first kappa shape index (κ1) is 24.6. The fourth-order valence-corrected chi connectivity index (χ4v) is 5.10. The van der Waals surface area contributed by atoms with Crippen molar-refractivity contribution in [2.24, 2.45) is 0 Å². The summed E-state index contributed by atoms with van der Waals surface area (Å²) < 4.78 is 0. The van der Waals surface area contributed by atoms with E-state index in [4.69, 9.17) is 0 Å². The van der Waals surface area contributed by atoms with Gasteiger partial charge in [-0.15, -0.1) is 0 Å². The van der Waals surface area contributed by atoms with E-state index in [1.54, 1.807) is 0 Å². The van der Waals surface area contributed by atoms with Gasteiger partial charge in [0.25, 0.3) is 0 Å². The van der Waals surface area contributed by atoms with Crippen LogP contribution in [0.2, 0.25) is 0 Å². The van der Waals surface area contributed by atoms with Crippen LogP contribution in [0, 0.1) is 6.92 Å². The molecule has 0 aliphatic heterocycles. The van der Waals surface area contributed by atoms with Crippen LogP contribution >= 0.6 is 7.94 Å². The topological polar surface area (TPSA) is 60.7 Å². The molecule has 4 heteroatoms. The van der Waals surface area contributed by atoms with Gasteiger partial charge in [-0.1, -0.05) is 73.1 Å². The number of hydrogen-bond acceptors (Lipinski definition) is 3. The molecule has 1 aromatic rings. The van der Waals surface area contributed by atoms with E-state index < -0.39 is 7.94 Å². The summed E-state index contributed by atoms with van der Waals surface area (Å²) >= 11 is 0. The minimum Gasteiger partial charge on any atom is -0.189 e. The molecule has 0 aromatic heterocycles. The van der Waals surface area contributed by atoms with Crippen molar-refractivity contribution in [3.8, 4) is 0 Å². The Balaban J connectivity index is 3.38. The van der Waals surface area contributed by atoms with Crippen LogP contribution in [0.5, 0.6) is 0 Å². The van der Waals surface area contributed by atoms with E-state index in [0.29, 0.717) is 5.30 Å². The third-order valence-electron chi connectivity index (χ3n) is 5.46. The average Bonchev–Trinajstić information content (AvgIpc) is 2.55. The summed E-state index contributed by atoms with van der Waals surface area (Å²) in [4.78, 5) is 30.6. The van der Waals surface area contributed by atoms with E-state index in [0.717, 1.165) is 31.2 Å². The largest absolute Gasteiger partial charge is 0.441 e. The predicted molar refractivity (Wildman–Crippen MR) is 119 cm³/mol. The Morgan fingerprint density at radius 3 is 1.78 bits per heavy atom. The summed E-state index contributed by atoms with van der Waals surface area (Å²) in [6.07, 6.45) is 11.3. The quantitative estimate of drug-likeness (QED) is 0.322. The highest BCUT2D eigenvalue weighted by atomic mass is 31.2. The van der Waals surface area contributed by atoms with Gasteiger partial charge in [0.1, 0.15) is 0 Å². The first-order chi connectivity index (χ1) is 12.5. The van der Waals surface area contributed by atoms with Crippen molar-refractivity contribution in [2.45, 2.75) is 111 Å². The zero-order valence-electron chi connectivity index (χ0n) is 18.4. The lowest BCUT2D eigenvalue weighted by atomic mass is 9.79. The van der Waals surface area contributed by atoms with Crippen molar-refractivity contribution in [3.05, 3.63) is 28.3 Å². The molecule has 0 saturated carbocycles. The van der Waals surface area contributed by atoms with Crippen molar-refractivity contribution in [1.29, 1.82) is 0 Å². The average molecular weight is 398 g/mol. The van der Waals surface area contributed by atoms with Gasteiger partial charge >= 0.3 is 7.94 Å². The Kier molecular flexibility index (Phi) is 9.92. The monoisotopic (exact) mass is 397 g/mol. The van der Waals surface area contributed by atoms with Crippen LogP contribution in [0.1, 0.15) is 108 Å². The van der Waals surface area contributed by atoms with Crippen LogP contribution in [-0.4, -0.2) is 14.7 Å². The molecule has 0 amide bonds. The van der Waals surface area contributed by atoms with Gasteiger partial charge in [0, 0.05) is 5.56 Å². The van der Waals surface area contributed by atoms with Crippen molar-refractivity contribution < 1.29 is 14.7 Å². The van der Waals surface area contributed by atoms with Crippen LogP contribution in [0.25, 0.3) is 0 Å². The number of aryl methyl sites for hydroxylation is 1. The Hall–Kier alpha value is -0.470. The van der Waals surface area contributed by atoms with Gasteiger partial charge in [0.15, 0.2) is 5.30 Å². The van der Waals surface area contributed by atoms with Gasteiger partial charge in [-0.25, -0.2) is 0 Å². The highest BCUT2D eigenvalue weighted by molar-refractivity contribution is 7.66. The summed E-state index contributed by atoms with van der Waals surface area (Å²) in [5, 5.41) is 0.372. The molecule has 0 unspecified atom stereocenters. The van der Waals surface area contributed by atoms with Crippen LogP contribution < -0.4 is 5.30 Å². The van der Waals surface area contributed by atoms with Gasteiger partial charge in [0.05, 0.1) is 0 Å². The zero-order valence-corrected chi connectivity index (χ0v) is 19.3. The first-order valence-corrected chi connectivity index (χ1v) is 12.4. The van der Waals surface area contributed by atoms with Crippen LogP contribution in [0.3, 0.4) is 0 Å². The lowest BCUT2D eigenvalue weighted by Gasteiger charge is -2.28. The number of benzene rings is 1. The Morgan fingerprint density at radius 1 is 0.815 bits per heavy atom. The summed E-state index contributed by atoms with van der Waals surface area (Å²) in [7, 11) is -4.07. The zero-order chi connectivity index (χ0) is 20.7. The van der Waals surface area contributed by atoms with Crippen LogP contribution in [-0.2, 0) is 18.3 Å². The Morgan fingerprint density at radius 2 is 1.33 bits per heavy atom. The molecule has 0 atom stereocenters. The molecule has 0 radical (unpaired) electrons. The van der Waals surface area contributed by atoms with E-state index in [9.17, 15) is 14.7 Å². The summed E-state index contributed by atoms with van der Waals surface area (Å²) in [6, 6.07) is 1.88. The molecule has 0 bridgehead atoms. The molecule has 1 rings (SSSR count). The minimum atomic E-state index is -4.07. The molecule has 0 heterocycles. The van der Waals surface area contributed by atoms with Crippen molar-refractivity contribution in [2.75, 3.05) is 0 Å². The van der Waals surface area contributed by atoms with E-state index in [2.05, 4.69) is 41.5 Å². The van der Waals surface area contributed by atoms with Crippen LogP contribution in [0.4, 0.5) is 0 Å². The van der Waals surface area contributed by atoms with Crippen molar-refractivity contribution >= 4 is 13.2 Å². The normalized spacial score (nSPS) is 12.6. The Labute approximate surface area is 167 Å². The second-order valence-electron chi connectivity index (χ2n) is 8.97. The van der Waals surface area contributed by atoms with E-state index in [1.165, 1.54) is 55.2 Å². The second-order valence-corrected chi connectivity index (χ2v) is 10.6. The molecule has 0 fully saturated rings. The molecule has 3 N–H and O–H groups in total. The Bertz CT molecular complexity index is 583. The molecule has 156 valence electrons. The predicted octanol–water partition coefficient (Wildman–Crippen LogP) is 5.90. The van der Waals surface area contributed by atoms with Gasteiger partial charge in [-0.05, 0) is 60.8 Å². The standard InChI is InChI=1S/C23H42O3P/c1-7-9-11-13-15-19-17-21(27(24,25)26)22(23(4,5)6)20(18(19)3)16-14-12-10-8-2/h17,24-26H,7-16H2,1-6H3/q+1. The highest BCUT2D eigenvalue weighted by Gasteiger charge is 2.42. The van der Waals surface area contributed by atoms with Crippen molar-refractivity contribution in [1.82, 2.24) is 0 Å². The van der Waals surface area contributed by atoms with Gasteiger partial charge in [-0.3, -0.25) is 0 Å². The van der Waals surface area contributed by atoms with Gasteiger partial charge in [-0.2, -0.15) is 14.7 Å². The summed E-state index contributed by atoms with van der Waals surface area (Å²) in [5.41, 5.74) is 4.37. The van der Waals surface area contributed by atoms with Gasteiger partial charge in [0.2, 0.25) is 0 Å². The maximum Gasteiger partial charge on any atom is 0.441 e. The van der Waals surface area contributed by atoms with E-state index >= 15 is 0 Å². The lowest BCUT2D eigenvalue weighted by Crippen LogP contribution is -2.29. The molecule has 27 heavy (non-hydrogen) atoms. The molecular formula is C23H42O3P+. The minimum absolute atomic E-state index is 0.250. The fourth-order valence-electron chi connectivity index (χ4n) is 4.00. The smallest absolute Gasteiger partial charge is 0.189 e. The molecular weight excluding hydrogens is 355 g/mol. The number of unbranched alkanes of at least 4 members (excludes halogenated alkanes) is 6. The maximum absolute atomic E-state index is 10.2. The molecule has 0 aliphatic rings. The first-order valence-electron chi connectivity index (χ1n) is 10.8. The fraction of sp³-hybridized carbons (Fsp3) is 0.739. The molecule has 3 nitrogen and oxygen atoms in total. The summed E-state index contributed by atoms with van der Waals surface area (Å²) in [5.74, 6) is 0. The summed E-state index contributed by atoms with van der Waals surface area (Å²) in [6.45, 7) is 12.9. The third-order valence-corrected chi connectivity index (χ3v) is 6.46. The second kappa shape index (κ2) is 10.9. The SMILES string of the molecule is CCCCCCc1cc([P+](O)(O)O)c(C(C)(C)C)c(CCCCCC)c1C.